The van der Waals surface area contributed by atoms with E-state index in [1.54, 1.807) is 6.20 Å². The van der Waals surface area contributed by atoms with Crippen LogP contribution < -0.4 is 5.73 Å². The Hall–Kier alpha value is -1.25. The molecule has 0 radical (unpaired) electrons. The lowest BCUT2D eigenvalue weighted by molar-refractivity contribution is 0.206. The highest BCUT2D eigenvalue weighted by Crippen LogP contribution is 2.37. The van der Waals surface area contributed by atoms with Gasteiger partial charge in [-0.15, -0.1) is 0 Å². The fraction of sp³-hybridized carbons (Fsp3) is 0.615. The van der Waals surface area contributed by atoms with Crippen molar-refractivity contribution >= 4 is 5.82 Å². The molecular weight excluding hydrogens is 198 g/mol. The van der Waals surface area contributed by atoms with E-state index in [1.165, 1.54) is 0 Å². The molecule has 3 heteroatoms. The molecule has 0 spiro atoms. The van der Waals surface area contributed by atoms with E-state index in [2.05, 4.69) is 38.0 Å². The molecule has 0 saturated carbocycles. The summed E-state index contributed by atoms with van der Waals surface area (Å²) >= 11 is 0. The summed E-state index contributed by atoms with van der Waals surface area (Å²) in [6, 6.07) is 1.87. The predicted octanol–water partition coefficient (Wildman–Crippen LogP) is 2.80. The number of allylic oxidation sites excluding steroid dienone is 2. The normalized spacial score (nSPS) is 29.9. The Morgan fingerprint density at radius 2 is 2.31 bits per heavy atom. The van der Waals surface area contributed by atoms with E-state index in [0.717, 1.165) is 18.7 Å². The monoisotopic (exact) mass is 219 g/mol. The van der Waals surface area contributed by atoms with Gasteiger partial charge in [-0.05, 0) is 37.7 Å². The standard InChI is InChI=1S/C13H21N3/c1-10(2)11-5-4-7-13(3,9-11)16-12(14)6-8-15-16/h4-6,8,10-11H,7,9,14H2,1-3H3. The van der Waals surface area contributed by atoms with Crippen LogP contribution in [0.25, 0.3) is 0 Å². The van der Waals surface area contributed by atoms with Crippen LogP contribution in [-0.2, 0) is 5.54 Å². The fourth-order valence-electron chi connectivity index (χ4n) is 2.55. The summed E-state index contributed by atoms with van der Waals surface area (Å²) in [6.45, 7) is 6.79. The van der Waals surface area contributed by atoms with Gasteiger partial charge in [-0.2, -0.15) is 5.10 Å². The van der Waals surface area contributed by atoms with Crippen LogP contribution in [0.1, 0.15) is 33.6 Å². The van der Waals surface area contributed by atoms with Gasteiger partial charge < -0.3 is 5.73 Å². The van der Waals surface area contributed by atoms with Gasteiger partial charge >= 0.3 is 0 Å². The van der Waals surface area contributed by atoms with Crippen LogP contribution in [-0.4, -0.2) is 9.78 Å². The third-order valence-electron chi connectivity index (χ3n) is 3.66. The van der Waals surface area contributed by atoms with Gasteiger partial charge in [0, 0.05) is 0 Å². The van der Waals surface area contributed by atoms with E-state index >= 15 is 0 Å². The van der Waals surface area contributed by atoms with Crippen LogP contribution in [0.5, 0.6) is 0 Å². The molecule has 1 aromatic heterocycles. The molecule has 0 amide bonds. The van der Waals surface area contributed by atoms with Crippen molar-refractivity contribution in [2.24, 2.45) is 11.8 Å². The highest BCUT2D eigenvalue weighted by molar-refractivity contribution is 5.28. The number of nitrogens with zero attached hydrogens (tertiary/aromatic N) is 2. The van der Waals surface area contributed by atoms with E-state index in [-0.39, 0.29) is 5.54 Å². The Morgan fingerprint density at radius 3 is 2.88 bits per heavy atom. The molecule has 1 heterocycles. The first kappa shape index (κ1) is 11.2. The summed E-state index contributed by atoms with van der Waals surface area (Å²) in [5.41, 5.74) is 5.99. The summed E-state index contributed by atoms with van der Waals surface area (Å²) in [6.07, 6.45) is 8.53. The van der Waals surface area contributed by atoms with Crippen LogP contribution in [0.3, 0.4) is 0 Å². The Labute approximate surface area is 97.3 Å². The van der Waals surface area contributed by atoms with Crippen molar-refractivity contribution in [3.05, 3.63) is 24.4 Å². The Balaban J connectivity index is 2.27. The SMILES string of the molecule is CC(C)C1C=CCC(C)(n2nccc2N)C1. The molecular formula is C13H21N3. The van der Waals surface area contributed by atoms with Crippen molar-refractivity contribution in [1.29, 1.82) is 0 Å². The molecule has 0 bridgehead atoms. The molecule has 0 aliphatic heterocycles. The van der Waals surface area contributed by atoms with Crippen molar-refractivity contribution in [3.63, 3.8) is 0 Å². The number of nitrogen functional groups attached to an aromatic ring is 1. The maximum atomic E-state index is 5.95. The van der Waals surface area contributed by atoms with Gasteiger partial charge in [0.15, 0.2) is 0 Å². The molecule has 1 aliphatic carbocycles. The summed E-state index contributed by atoms with van der Waals surface area (Å²) in [7, 11) is 0. The molecule has 88 valence electrons. The molecule has 1 aliphatic rings. The van der Waals surface area contributed by atoms with Crippen molar-refractivity contribution in [2.75, 3.05) is 5.73 Å². The van der Waals surface area contributed by atoms with Gasteiger partial charge in [0.25, 0.3) is 0 Å². The molecule has 2 unspecified atom stereocenters. The van der Waals surface area contributed by atoms with Gasteiger partial charge in [0.1, 0.15) is 5.82 Å². The van der Waals surface area contributed by atoms with Gasteiger partial charge in [-0.1, -0.05) is 26.0 Å². The van der Waals surface area contributed by atoms with E-state index in [9.17, 15) is 0 Å². The van der Waals surface area contributed by atoms with Crippen LogP contribution in [0.4, 0.5) is 5.82 Å². The van der Waals surface area contributed by atoms with Crippen molar-refractivity contribution < 1.29 is 0 Å². The van der Waals surface area contributed by atoms with Crippen molar-refractivity contribution in [3.8, 4) is 0 Å². The highest BCUT2D eigenvalue weighted by atomic mass is 15.3. The topological polar surface area (TPSA) is 43.8 Å². The number of rotatable bonds is 2. The Bertz CT molecular complexity index is 392. The molecule has 0 saturated heterocycles. The van der Waals surface area contributed by atoms with Gasteiger partial charge in [0.2, 0.25) is 0 Å². The van der Waals surface area contributed by atoms with Gasteiger partial charge in [-0.25, -0.2) is 4.68 Å². The zero-order chi connectivity index (χ0) is 11.8. The molecule has 3 nitrogen and oxygen atoms in total. The molecule has 16 heavy (non-hydrogen) atoms. The summed E-state index contributed by atoms with van der Waals surface area (Å²) in [4.78, 5) is 0. The third kappa shape index (κ3) is 1.86. The Morgan fingerprint density at radius 1 is 1.56 bits per heavy atom. The van der Waals surface area contributed by atoms with Gasteiger partial charge in [-0.3, -0.25) is 0 Å². The van der Waals surface area contributed by atoms with Crippen molar-refractivity contribution in [2.45, 2.75) is 39.2 Å². The second-order valence-electron chi connectivity index (χ2n) is 5.41. The maximum absolute atomic E-state index is 5.95. The molecule has 2 atom stereocenters. The van der Waals surface area contributed by atoms with E-state index < -0.39 is 0 Å². The predicted molar refractivity (Wildman–Crippen MR) is 67.0 cm³/mol. The van der Waals surface area contributed by atoms with Gasteiger partial charge in [0.05, 0.1) is 11.7 Å². The largest absolute Gasteiger partial charge is 0.384 e. The Kier molecular flexibility index (Phi) is 2.78. The molecule has 2 N–H and O–H groups in total. The van der Waals surface area contributed by atoms with Crippen LogP contribution >= 0.6 is 0 Å². The smallest absolute Gasteiger partial charge is 0.122 e. The third-order valence-corrected chi connectivity index (χ3v) is 3.66. The first-order chi connectivity index (χ1) is 7.53. The average molecular weight is 219 g/mol. The minimum Gasteiger partial charge on any atom is -0.384 e. The first-order valence-corrected chi connectivity index (χ1v) is 5.99. The minimum absolute atomic E-state index is 0.0390. The number of anilines is 1. The van der Waals surface area contributed by atoms with E-state index in [1.807, 2.05) is 10.7 Å². The lowest BCUT2D eigenvalue weighted by Gasteiger charge is -2.37. The highest BCUT2D eigenvalue weighted by Gasteiger charge is 2.33. The summed E-state index contributed by atoms with van der Waals surface area (Å²) < 4.78 is 1.98. The maximum Gasteiger partial charge on any atom is 0.122 e. The summed E-state index contributed by atoms with van der Waals surface area (Å²) in [5, 5.41) is 4.36. The molecule has 0 fully saturated rings. The van der Waals surface area contributed by atoms with Crippen LogP contribution in [0.2, 0.25) is 0 Å². The van der Waals surface area contributed by atoms with Crippen LogP contribution in [0.15, 0.2) is 24.4 Å². The summed E-state index contributed by atoms with van der Waals surface area (Å²) in [5.74, 6) is 2.07. The van der Waals surface area contributed by atoms with E-state index in [4.69, 9.17) is 5.73 Å². The first-order valence-electron chi connectivity index (χ1n) is 5.99. The zero-order valence-corrected chi connectivity index (χ0v) is 10.4. The fourth-order valence-corrected chi connectivity index (χ4v) is 2.55. The molecule has 0 aromatic carbocycles. The number of hydrogen-bond donors (Lipinski definition) is 1. The average Bonchev–Trinajstić information content (AvgIpc) is 2.65. The van der Waals surface area contributed by atoms with Crippen LogP contribution in [0, 0.1) is 11.8 Å². The second kappa shape index (κ2) is 3.96. The molecule has 2 rings (SSSR count). The second-order valence-corrected chi connectivity index (χ2v) is 5.41. The number of aromatic nitrogens is 2. The van der Waals surface area contributed by atoms with E-state index in [0.29, 0.717) is 11.8 Å². The zero-order valence-electron chi connectivity index (χ0n) is 10.4. The lowest BCUT2D eigenvalue weighted by Crippen LogP contribution is -2.36. The lowest BCUT2D eigenvalue weighted by atomic mass is 9.77. The number of hydrogen-bond acceptors (Lipinski definition) is 2. The molecule has 1 aromatic rings. The minimum atomic E-state index is 0.0390. The van der Waals surface area contributed by atoms with Crippen molar-refractivity contribution in [1.82, 2.24) is 9.78 Å². The quantitative estimate of drug-likeness (QED) is 0.777. The number of nitrogens with two attached hydrogens (primary N) is 1.